The van der Waals surface area contributed by atoms with Crippen molar-refractivity contribution in [1.82, 2.24) is 15.1 Å². The molecule has 29 heavy (non-hydrogen) atoms. The van der Waals surface area contributed by atoms with Crippen molar-refractivity contribution in [3.05, 3.63) is 76.8 Å². The third kappa shape index (κ3) is 3.82. The number of nitrogens with one attached hydrogen (secondary N) is 1. The van der Waals surface area contributed by atoms with Crippen LogP contribution in [-0.2, 0) is 6.54 Å². The van der Waals surface area contributed by atoms with Crippen LogP contribution in [-0.4, -0.2) is 34.2 Å². The van der Waals surface area contributed by atoms with Crippen LogP contribution in [0.3, 0.4) is 0 Å². The van der Waals surface area contributed by atoms with E-state index in [4.69, 9.17) is 11.6 Å². The summed E-state index contributed by atoms with van der Waals surface area (Å²) >= 11 is 6.13. The topological polar surface area (TPSA) is 41.0 Å². The van der Waals surface area contributed by atoms with Gasteiger partial charge in [-0.05, 0) is 59.9 Å². The van der Waals surface area contributed by atoms with E-state index in [0.717, 1.165) is 25.2 Å². The molecule has 0 amide bonds. The van der Waals surface area contributed by atoms with Crippen molar-refractivity contribution in [2.45, 2.75) is 12.6 Å². The molecule has 1 aromatic heterocycles. The van der Waals surface area contributed by atoms with Gasteiger partial charge in [-0.15, -0.1) is 10.2 Å². The minimum absolute atomic E-state index is 0.187. The largest absolute Gasteiger partial charge is 0.365 e. The predicted molar refractivity (Wildman–Crippen MR) is 109 cm³/mol. The fourth-order valence-corrected chi connectivity index (χ4v) is 4.48. The number of likely N-dealkylation sites (tertiary alicyclic amines) is 1. The molecule has 148 valence electrons. The van der Waals surface area contributed by atoms with E-state index in [1.807, 2.05) is 12.1 Å². The second-order valence-electron chi connectivity index (χ2n) is 7.75. The van der Waals surface area contributed by atoms with Crippen LogP contribution in [0, 0.1) is 23.5 Å². The molecular formula is C22H19ClF2N4. The zero-order valence-electron chi connectivity index (χ0n) is 15.5. The zero-order chi connectivity index (χ0) is 20.0. The van der Waals surface area contributed by atoms with Gasteiger partial charge in [-0.2, -0.15) is 0 Å². The molecule has 1 saturated carbocycles. The standard InChI is InChI=1S/C22H19ClF2N4/c23-19-5-4-15(25)9-16(19)20-6-7-21(28-27-20)26-22-17-11-29(12-18(17)22)10-13-2-1-3-14(24)8-13/h1-9,17-18,22H,10-12H2,(H,26,28)/t17-,18+,22-. The number of halogens is 3. The van der Waals surface area contributed by atoms with Crippen LogP contribution in [0.2, 0.25) is 5.02 Å². The van der Waals surface area contributed by atoms with Gasteiger partial charge < -0.3 is 5.32 Å². The molecule has 2 heterocycles. The van der Waals surface area contributed by atoms with Crippen LogP contribution in [0.1, 0.15) is 5.56 Å². The maximum absolute atomic E-state index is 13.5. The van der Waals surface area contributed by atoms with Crippen molar-refractivity contribution in [3.8, 4) is 11.3 Å². The second kappa shape index (κ2) is 7.35. The first kappa shape index (κ1) is 18.5. The number of piperidine rings is 1. The van der Waals surface area contributed by atoms with E-state index in [1.165, 1.54) is 24.3 Å². The first-order valence-electron chi connectivity index (χ1n) is 9.59. The molecule has 1 aliphatic heterocycles. The normalized spacial score (nSPS) is 23.1. The Morgan fingerprint density at radius 2 is 1.76 bits per heavy atom. The van der Waals surface area contributed by atoms with Gasteiger partial charge in [0.25, 0.3) is 0 Å². The molecule has 2 aromatic carbocycles. The van der Waals surface area contributed by atoms with E-state index in [9.17, 15) is 8.78 Å². The van der Waals surface area contributed by atoms with Crippen LogP contribution in [0.5, 0.6) is 0 Å². The predicted octanol–water partition coefficient (Wildman–Crippen LogP) is 4.62. The van der Waals surface area contributed by atoms with Crippen molar-refractivity contribution in [3.63, 3.8) is 0 Å². The summed E-state index contributed by atoms with van der Waals surface area (Å²) in [6, 6.07) is 15.0. The monoisotopic (exact) mass is 412 g/mol. The van der Waals surface area contributed by atoms with E-state index in [0.29, 0.717) is 40.0 Å². The Kier molecular flexibility index (Phi) is 4.68. The maximum atomic E-state index is 13.5. The fraction of sp³-hybridized carbons (Fsp3) is 0.273. The van der Waals surface area contributed by atoms with Gasteiger partial charge in [0.15, 0.2) is 0 Å². The molecule has 4 nitrogen and oxygen atoms in total. The summed E-state index contributed by atoms with van der Waals surface area (Å²) in [7, 11) is 0. The lowest BCUT2D eigenvalue weighted by Gasteiger charge is -2.20. The van der Waals surface area contributed by atoms with Gasteiger partial charge in [0, 0.05) is 31.2 Å². The Bertz CT molecular complexity index is 1030. The van der Waals surface area contributed by atoms with Crippen LogP contribution < -0.4 is 5.32 Å². The molecule has 1 N–H and O–H groups in total. The van der Waals surface area contributed by atoms with Gasteiger partial charge in [0.05, 0.1) is 10.7 Å². The molecule has 1 aliphatic carbocycles. The minimum Gasteiger partial charge on any atom is -0.365 e. The number of benzene rings is 2. The molecule has 0 bridgehead atoms. The zero-order valence-corrected chi connectivity index (χ0v) is 16.3. The van der Waals surface area contributed by atoms with Crippen LogP contribution in [0.4, 0.5) is 14.6 Å². The van der Waals surface area contributed by atoms with Gasteiger partial charge in [-0.1, -0.05) is 23.7 Å². The van der Waals surface area contributed by atoms with Gasteiger partial charge in [0.1, 0.15) is 17.5 Å². The Hall–Kier alpha value is -2.57. The Morgan fingerprint density at radius 1 is 0.966 bits per heavy atom. The summed E-state index contributed by atoms with van der Waals surface area (Å²) < 4.78 is 26.8. The lowest BCUT2D eigenvalue weighted by molar-refractivity contribution is 0.292. The maximum Gasteiger partial charge on any atom is 0.148 e. The molecule has 3 aromatic rings. The fourth-order valence-electron chi connectivity index (χ4n) is 4.27. The Morgan fingerprint density at radius 3 is 2.48 bits per heavy atom. The van der Waals surface area contributed by atoms with Gasteiger partial charge in [-0.3, -0.25) is 4.90 Å². The average molecular weight is 413 g/mol. The molecule has 5 rings (SSSR count). The Labute approximate surface area is 172 Å². The van der Waals surface area contributed by atoms with Crippen LogP contribution >= 0.6 is 11.6 Å². The molecular weight excluding hydrogens is 394 g/mol. The van der Waals surface area contributed by atoms with Crippen molar-refractivity contribution in [2.75, 3.05) is 18.4 Å². The number of hydrogen-bond donors (Lipinski definition) is 1. The highest BCUT2D eigenvalue weighted by Crippen LogP contribution is 2.47. The average Bonchev–Trinajstić information content (AvgIpc) is 3.14. The third-order valence-corrected chi connectivity index (χ3v) is 6.08. The molecule has 0 spiro atoms. The van der Waals surface area contributed by atoms with Crippen molar-refractivity contribution in [2.24, 2.45) is 11.8 Å². The lowest BCUT2D eigenvalue weighted by atomic mass is 10.1. The molecule has 7 heteroatoms. The van der Waals surface area contributed by atoms with E-state index in [-0.39, 0.29) is 11.6 Å². The third-order valence-electron chi connectivity index (χ3n) is 5.75. The number of anilines is 1. The van der Waals surface area contributed by atoms with E-state index < -0.39 is 0 Å². The number of fused-ring (bicyclic) bond motifs is 1. The molecule has 0 unspecified atom stereocenters. The van der Waals surface area contributed by atoms with Crippen molar-refractivity contribution < 1.29 is 8.78 Å². The number of aromatic nitrogens is 2. The number of hydrogen-bond acceptors (Lipinski definition) is 4. The number of nitrogens with zero attached hydrogens (tertiary/aromatic N) is 3. The summed E-state index contributed by atoms with van der Waals surface area (Å²) in [4.78, 5) is 2.36. The summed E-state index contributed by atoms with van der Waals surface area (Å²) in [5.74, 6) is 1.30. The molecule has 1 saturated heterocycles. The SMILES string of the molecule is Fc1cccc(CN2C[C@@H]3[C@H](C2)[C@@H]3Nc2ccc(-c3cc(F)ccc3Cl)nn2)c1. The molecule has 2 aliphatic rings. The quantitative estimate of drug-likeness (QED) is 0.664. The molecule has 3 atom stereocenters. The molecule has 2 fully saturated rings. The van der Waals surface area contributed by atoms with E-state index in [1.54, 1.807) is 18.2 Å². The minimum atomic E-state index is -0.359. The summed E-state index contributed by atoms with van der Waals surface area (Å²) in [5.41, 5.74) is 2.08. The van der Waals surface area contributed by atoms with Crippen molar-refractivity contribution in [1.29, 1.82) is 0 Å². The smallest absolute Gasteiger partial charge is 0.148 e. The van der Waals surface area contributed by atoms with Crippen molar-refractivity contribution >= 4 is 17.4 Å². The first-order valence-corrected chi connectivity index (χ1v) is 9.97. The van der Waals surface area contributed by atoms with E-state index >= 15 is 0 Å². The summed E-state index contributed by atoms with van der Waals surface area (Å²) in [6.07, 6.45) is 0. The van der Waals surface area contributed by atoms with Crippen LogP contribution in [0.15, 0.2) is 54.6 Å². The first-order chi connectivity index (χ1) is 14.1. The highest BCUT2D eigenvalue weighted by molar-refractivity contribution is 6.33. The second-order valence-corrected chi connectivity index (χ2v) is 8.16. The van der Waals surface area contributed by atoms with E-state index in [2.05, 4.69) is 20.4 Å². The molecule has 0 radical (unpaired) electrons. The van der Waals surface area contributed by atoms with Crippen LogP contribution in [0.25, 0.3) is 11.3 Å². The Balaban J connectivity index is 1.18. The number of rotatable bonds is 5. The van der Waals surface area contributed by atoms with Gasteiger partial charge in [0.2, 0.25) is 0 Å². The summed E-state index contributed by atoms with van der Waals surface area (Å²) in [6.45, 7) is 2.76. The highest BCUT2D eigenvalue weighted by Gasteiger charge is 2.55. The lowest BCUT2D eigenvalue weighted by Crippen LogP contribution is -2.27. The summed E-state index contributed by atoms with van der Waals surface area (Å²) in [5, 5.41) is 12.3. The van der Waals surface area contributed by atoms with Gasteiger partial charge >= 0.3 is 0 Å². The highest BCUT2D eigenvalue weighted by atomic mass is 35.5. The van der Waals surface area contributed by atoms with Gasteiger partial charge in [-0.25, -0.2) is 8.78 Å².